The number of nitrogens with zero attached hydrogens (tertiary/aromatic N) is 3. The van der Waals surface area contributed by atoms with E-state index in [4.69, 9.17) is 9.47 Å². The third-order valence-electron chi connectivity index (χ3n) is 5.33. The molecule has 0 amide bonds. The van der Waals surface area contributed by atoms with Gasteiger partial charge in [-0.25, -0.2) is 0 Å². The summed E-state index contributed by atoms with van der Waals surface area (Å²) in [5.74, 6) is 0.474. The highest BCUT2D eigenvalue weighted by Gasteiger charge is 2.38. The predicted octanol–water partition coefficient (Wildman–Crippen LogP) is 1.67. The fraction of sp³-hybridized carbons (Fsp3) is 0.762. The van der Waals surface area contributed by atoms with Crippen molar-refractivity contribution in [2.75, 3.05) is 26.7 Å². The molecule has 0 N–H and O–H groups in total. The summed E-state index contributed by atoms with van der Waals surface area (Å²) in [6.45, 7) is 12.2. The molecule has 0 fully saturated rings. The molecule has 2 heterocycles. The van der Waals surface area contributed by atoms with E-state index in [1.165, 1.54) is 31.0 Å². The molecule has 0 bridgehead atoms. The summed E-state index contributed by atoms with van der Waals surface area (Å²) in [4.78, 5) is 12.3. The van der Waals surface area contributed by atoms with Gasteiger partial charge in [-0.3, -0.25) is 9.28 Å². The van der Waals surface area contributed by atoms with Crippen LogP contribution < -0.4 is 17.1 Å². The van der Waals surface area contributed by atoms with Gasteiger partial charge in [-0.2, -0.15) is 4.37 Å². The molecule has 29 heavy (non-hydrogen) atoms. The van der Waals surface area contributed by atoms with Gasteiger partial charge in [0.2, 0.25) is 6.23 Å². The van der Waals surface area contributed by atoms with Gasteiger partial charge >= 0.3 is 5.97 Å². The van der Waals surface area contributed by atoms with Crippen LogP contribution >= 0.6 is 11.7 Å². The fourth-order valence-electron chi connectivity index (χ4n) is 3.18. The van der Waals surface area contributed by atoms with E-state index in [0.717, 1.165) is 37.2 Å². The minimum Gasteiger partial charge on any atom is -1.00 e. The number of carbonyl (C=O) groups excluding carboxylic acids is 1. The molecule has 0 aliphatic carbocycles. The van der Waals surface area contributed by atoms with E-state index in [2.05, 4.69) is 28.8 Å². The molecule has 1 aromatic heterocycles. The van der Waals surface area contributed by atoms with Gasteiger partial charge in [0, 0.05) is 18.9 Å². The number of ether oxygens (including phenoxy) is 2. The topological polar surface area (TPSA) is 61.3 Å². The molecule has 8 heteroatoms. The maximum atomic E-state index is 12.3. The predicted molar refractivity (Wildman–Crippen MR) is 113 cm³/mol. The van der Waals surface area contributed by atoms with E-state index in [-0.39, 0.29) is 24.6 Å². The average molecular weight is 446 g/mol. The molecule has 0 saturated carbocycles. The van der Waals surface area contributed by atoms with Crippen molar-refractivity contribution in [2.24, 2.45) is 5.41 Å². The first kappa shape index (κ1) is 25.9. The lowest BCUT2D eigenvalue weighted by atomic mass is 9.97. The number of likely N-dealkylation sites (N-methyl/N-ethyl adjacent to an activating group) is 1. The lowest BCUT2D eigenvalue weighted by molar-refractivity contribution is -0.944. The lowest BCUT2D eigenvalue weighted by Crippen LogP contribution is -3.00. The molecule has 166 valence electrons. The van der Waals surface area contributed by atoms with E-state index in [1.54, 1.807) is 0 Å². The van der Waals surface area contributed by atoms with Crippen LogP contribution in [0.15, 0.2) is 6.08 Å². The standard InChI is InChI=1S/C21H36N3O3S.ClH/c1-7-8-9-10-14-26-19-18(22-28-23-19)17-12-11-13-24(6,15-17)16(2)27-20(25)21(3,4)5;/h12,16H,7-11,13-15H2,1-6H3;1H/q+1;/p-1. The van der Waals surface area contributed by atoms with Gasteiger partial charge in [0.15, 0.2) is 0 Å². The minimum atomic E-state index is -0.501. The molecule has 6 nitrogen and oxygen atoms in total. The molecule has 2 unspecified atom stereocenters. The number of hydrogen-bond donors (Lipinski definition) is 0. The highest BCUT2D eigenvalue weighted by Crippen LogP contribution is 2.32. The van der Waals surface area contributed by atoms with Crippen molar-refractivity contribution in [1.82, 2.24) is 8.75 Å². The molecule has 0 aromatic carbocycles. The minimum absolute atomic E-state index is 0. The van der Waals surface area contributed by atoms with Gasteiger partial charge < -0.3 is 21.9 Å². The summed E-state index contributed by atoms with van der Waals surface area (Å²) in [7, 11) is 2.14. The van der Waals surface area contributed by atoms with E-state index in [1.807, 2.05) is 27.7 Å². The molecule has 0 radical (unpaired) electrons. The maximum absolute atomic E-state index is 12.3. The molecule has 1 aliphatic heterocycles. The molecule has 0 spiro atoms. The van der Waals surface area contributed by atoms with E-state index < -0.39 is 5.41 Å². The Kier molecular flexibility index (Phi) is 10.1. The number of halogens is 1. The van der Waals surface area contributed by atoms with Gasteiger partial charge in [0.25, 0.3) is 5.88 Å². The Balaban J connectivity index is 0.00000420. The van der Waals surface area contributed by atoms with Crippen LogP contribution in [0.25, 0.3) is 5.57 Å². The van der Waals surface area contributed by atoms with E-state index in [0.29, 0.717) is 17.0 Å². The second kappa shape index (κ2) is 11.3. The van der Waals surface area contributed by atoms with Crippen LogP contribution in [0.4, 0.5) is 0 Å². The van der Waals surface area contributed by atoms with E-state index in [9.17, 15) is 4.79 Å². The summed E-state index contributed by atoms with van der Waals surface area (Å²) in [5.41, 5.74) is 1.48. The lowest BCUT2D eigenvalue weighted by Gasteiger charge is -2.41. The number of esters is 1. The van der Waals surface area contributed by atoms with Crippen molar-refractivity contribution in [1.29, 1.82) is 0 Å². The first-order valence-corrected chi connectivity index (χ1v) is 11.1. The molecular formula is C21H36ClN3O3S. The Hall–Kier alpha value is -1.18. The number of aromatic nitrogens is 2. The monoisotopic (exact) mass is 445 g/mol. The van der Waals surface area contributed by atoms with Crippen molar-refractivity contribution < 1.29 is 31.2 Å². The second-order valence-corrected chi connectivity index (χ2v) is 9.49. The Morgan fingerprint density at radius 2 is 2.00 bits per heavy atom. The molecule has 0 saturated heterocycles. The Morgan fingerprint density at radius 1 is 1.28 bits per heavy atom. The highest BCUT2D eigenvalue weighted by atomic mass is 35.5. The third-order valence-corrected chi connectivity index (χ3v) is 5.84. The van der Waals surface area contributed by atoms with Crippen LogP contribution in [-0.2, 0) is 9.53 Å². The van der Waals surface area contributed by atoms with Gasteiger partial charge in [-0.1, -0.05) is 32.3 Å². The van der Waals surface area contributed by atoms with Crippen molar-refractivity contribution >= 4 is 23.3 Å². The van der Waals surface area contributed by atoms with Crippen molar-refractivity contribution in [2.45, 2.75) is 73.0 Å². The van der Waals surface area contributed by atoms with E-state index >= 15 is 0 Å². The van der Waals surface area contributed by atoms with Gasteiger partial charge in [-0.15, -0.1) is 4.37 Å². The number of unbranched alkanes of at least 4 members (excludes halogenated alkanes) is 3. The molecule has 1 aromatic rings. The smallest absolute Gasteiger partial charge is 0.315 e. The molecular weight excluding hydrogens is 410 g/mol. The zero-order valence-electron chi connectivity index (χ0n) is 18.7. The highest BCUT2D eigenvalue weighted by molar-refractivity contribution is 6.99. The number of hydrogen-bond acceptors (Lipinski definition) is 6. The first-order chi connectivity index (χ1) is 13.2. The van der Waals surface area contributed by atoms with Crippen LogP contribution in [0.3, 0.4) is 0 Å². The van der Waals surface area contributed by atoms with Gasteiger partial charge in [0.05, 0.1) is 37.3 Å². The van der Waals surface area contributed by atoms with Crippen molar-refractivity contribution in [3.05, 3.63) is 11.8 Å². The Bertz CT molecular complexity index is 687. The second-order valence-electron chi connectivity index (χ2n) is 8.96. The van der Waals surface area contributed by atoms with Crippen LogP contribution in [0, 0.1) is 5.41 Å². The summed E-state index contributed by atoms with van der Waals surface area (Å²) in [5, 5.41) is 0. The van der Waals surface area contributed by atoms with Crippen LogP contribution in [0.1, 0.15) is 72.4 Å². The largest absolute Gasteiger partial charge is 1.00 e. The van der Waals surface area contributed by atoms with Gasteiger partial charge in [-0.05, 0) is 27.2 Å². The SMILES string of the molecule is CCCCCCOc1nsnc1C1=CCC[N+](C)(C(C)OC(=O)C(C)(C)C)C1.[Cl-]. The van der Waals surface area contributed by atoms with Crippen LogP contribution in [0.2, 0.25) is 0 Å². The third kappa shape index (κ3) is 7.23. The molecule has 1 aliphatic rings. The first-order valence-electron chi connectivity index (χ1n) is 10.4. The zero-order chi connectivity index (χ0) is 20.8. The fourth-order valence-corrected chi connectivity index (χ4v) is 3.71. The Morgan fingerprint density at radius 3 is 2.66 bits per heavy atom. The summed E-state index contributed by atoms with van der Waals surface area (Å²) < 4.78 is 21.2. The summed E-state index contributed by atoms with van der Waals surface area (Å²) in [6, 6.07) is 0. The average Bonchev–Trinajstić information content (AvgIpc) is 3.09. The molecule has 2 rings (SSSR count). The molecule has 2 atom stereocenters. The Labute approximate surface area is 186 Å². The maximum Gasteiger partial charge on any atom is 0.315 e. The normalized spacial score (nSPS) is 20.4. The summed E-state index contributed by atoms with van der Waals surface area (Å²) >= 11 is 1.19. The van der Waals surface area contributed by atoms with Gasteiger partial charge in [0.1, 0.15) is 12.2 Å². The summed E-state index contributed by atoms with van der Waals surface area (Å²) in [6.07, 6.45) is 7.58. The van der Waals surface area contributed by atoms with Crippen molar-refractivity contribution in [3.8, 4) is 5.88 Å². The van der Waals surface area contributed by atoms with Crippen LogP contribution in [-0.4, -0.2) is 52.2 Å². The number of rotatable bonds is 9. The van der Waals surface area contributed by atoms with Crippen LogP contribution in [0.5, 0.6) is 5.88 Å². The zero-order valence-corrected chi connectivity index (χ0v) is 20.2. The quantitative estimate of drug-likeness (QED) is 0.328. The number of quaternary nitrogens is 1. The van der Waals surface area contributed by atoms with Crippen molar-refractivity contribution in [3.63, 3.8) is 0 Å². The number of carbonyl (C=O) groups is 1.